The van der Waals surface area contributed by atoms with Gasteiger partial charge in [-0.25, -0.2) is 0 Å². The lowest BCUT2D eigenvalue weighted by atomic mass is 9.90. The third-order valence-electron chi connectivity index (χ3n) is 7.40. The highest BCUT2D eigenvalue weighted by Gasteiger charge is 2.33. The van der Waals surface area contributed by atoms with E-state index in [0.29, 0.717) is 26.1 Å². The lowest BCUT2D eigenvalue weighted by molar-refractivity contribution is -0.129. The normalized spacial score (nSPS) is 19.5. The fourth-order valence-corrected chi connectivity index (χ4v) is 5.20. The van der Waals surface area contributed by atoms with Gasteiger partial charge in [-0.05, 0) is 75.7 Å². The summed E-state index contributed by atoms with van der Waals surface area (Å²) in [5.41, 5.74) is 3.92. The first kappa shape index (κ1) is 24.5. The van der Waals surface area contributed by atoms with Gasteiger partial charge in [0.05, 0.1) is 5.92 Å². The number of likely N-dealkylation sites (tertiary alicyclic amines) is 2. The first-order valence-electron chi connectivity index (χ1n) is 12.9. The van der Waals surface area contributed by atoms with Crippen LogP contribution in [0.2, 0.25) is 0 Å². The zero-order valence-corrected chi connectivity index (χ0v) is 20.5. The molecule has 1 atom stereocenters. The van der Waals surface area contributed by atoms with E-state index in [0.717, 1.165) is 38.4 Å². The van der Waals surface area contributed by atoms with Gasteiger partial charge in [-0.2, -0.15) is 0 Å². The first-order valence-corrected chi connectivity index (χ1v) is 12.9. The molecule has 0 spiro atoms. The average molecular weight is 462 g/mol. The molecule has 2 aromatic rings. The molecule has 1 N–H and O–H groups in total. The van der Waals surface area contributed by atoms with Crippen LogP contribution in [0, 0.1) is 18.8 Å². The predicted octanol–water partition coefficient (Wildman–Crippen LogP) is 3.85. The van der Waals surface area contributed by atoms with Crippen molar-refractivity contribution in [2.45, 2.75) is 45.4 Å². The van der Waals surface area contributed by atoms with E-state index in [1.54, 1.807) is 0 Å². The number of carbonyl (C=O) groups is 2. The van der Waals surface area contributed by atoms with Crippen LogP contribution in [0.25, 0.3) is 0 Å². The van der Waals surface area contributed by atoms with Crippen molar-refractivity contribution in [3.8, 4) is 0 Å². The van der Waals surface area contributed by atoms with Gasteiger partial charge >= 0.3 is 0 Å². The summed E-state index contributed by atoms with van der Waals surface area (Å²) in [7, 11) is 0. The lowest BCUT2D eigenvalue weighted by Gasteiger charge is -2.32. The largest absolute Gasteiger partial charge is 0.356 e. The summed E-state index contributed by atoms with van der Waals surface area (Å²) in [4.78, 5) is 29.4. The molecule has 0 radical (unpaired) electrons. The summed E-state index contributed by atoms with van der Waals surface area (Å²) >= 11 is 0. The minimum Gasteiger partial charge on any atom is -0.356 e. The molecule has 2 aliphatic rings. The van der Waals surface area contributed by atoms with Crippen molar-refractivity contribution in [3.05, 3.63) is 71.3 Å². The molecule has 182 valence electrons. The van der Waals surface area contributed by atoms with Gasteiger partial charge in [0, 0.05) is 26.1 Å². The van der Waals surface area contributed by atoms with E-state index in [4.69, 9.17) is 0 Å². The van der Waals surface area contributed by atoms with Crippen molar-refractivity contribution in [2.24, 2.45) is 11.8 Å². The van der Waals surface area contributed by atoms with Gasteiger partial charge in [-0.15, -0.1) is 0 Å². The Morgan fingerprint density at radius 3 is 2.44 bits per heavy atom. The Kier molecular flexibility index (Phi) is 8.75. The van der Waals surface area contributed by atoms with Crippen molar-refractivity contribution in [3.63, 3.8) is 0 Å². The number of hydrogen-bond donors (Lipinski definition) is 1. The lowest BCUT2D eigenvalue weighted by Crippen LogP contribution is -2.38. The van der Waals surface area contributed by atoms with Crippen LogP contribution in [0.3, 0.4) is 0 Å². The Labute approximate surface area is 204 Å². The Morgan fingerprint density at radius 2 is 1.71 bits per heavy atom. The molecule has 5 nitrogen and oxygen atoms in total. The van der Waals surface area contributed by atoms with Crippen LogP contribution in [0.4, 0.5) is 0 Å². The molecule has 2 fully saturated rings. The summed E-state index contributed by atoms with van der Waals surface area (Å²) in [5.74, 6) is 0.713. The number of aryl methyl sites for hydroxylation is 1. The molecule has 0 aromatic heterocycles. The molecule has 4 rings (SSSR count). The highest BCUT2D eigenvalue weighted by molar-refractivity contribution is 5.89. The molecule has 0 aliphatic carbocycles. The second-order valence-electron chi connectivity index (χ2n) is 10.1. The topological polar surface area (TPSA) is 52.7 Å². The molecule has 2 aliphatic heterocycles. The SMILES string of the molecule is Cc1ccc(CCN2C[C@H](C(=O)NCCCN3CCC(Cc4ccccc4)CC3)CC2=O)cc1. The van der Waals surface area contributed by atoms with E-state index in [1.165, 1.54) is 36.0 Å². The van der Waals surface area contributed by atoms with Crippen LogP contribution in [0.15, 0.2) is 54.6 Å². The Hall–Kier alpha value is -2.66. The number of carbonyl (C=O) groups excluding carboxylic acids is 2. The standard InChI is InChI=1S/C29H39N3O2/c1-23-8-10-24(11-9-23)14-19-32-22-27(21-28(32)33)29(34)30-15-5-16-31-17-12-26(13-18-31)20-25-6-3-2-4-7-25/h2-4,6-11,26-27H,5,12-22H2,1H3,(H,30,34)/t27-/m1/s1. The highest BCUT2D eigenvalue weighted by Crippen LogP contribution is 2.22. The molecule has 0 unspecified atom stereocenters. The van der Waals surface area contributed by atoms with E-state index in [2.05, 4.69) is 71.7 Å². The van der Waals surface area contributed by atoms with Crippen molar-refractivity contribution in [1.29, 1.82) is 0 Å². The molecule has 0 saturated carbocycles. The summed E-state index contributed by atoms with van der Waals surface area (Å²) < 4.78 is 0. The zero-order chi connectivity index (χ0) is 23.8. The van der Waals surface area contributed by atoms with Crippen LogP contribution >= 0.6 is 0 Å². The Morgan fingerprint density at radius 1 is 0.971 bits per heavy atom. The van der Waals surface area contributed by atoms with Crippen molar-refractivity contribution >= 4 is 11.8 Å². The number of nitrogens with zero attached hydrogens (tertiary/aromatic N) is 2. The fourth-order valence-electron chi connectivity index (χ4n) is 5.20. The monoisotopic (exact) mass is 461 g/mol. The van der Waals surface area contributed by atoms with Gasteiger partial charge < -0.3 is 15.1 Å². The van der Waals surface area contributed by atoms with E-state index >= 15 is 0 Å². The van der Waals surface area contributed by atoms with Gasteiger partial charge in [0.2, 0.25) is 11.8 Å². The van der Waals surface area contributed by atoms with Crippen molar-refractivity contribution in [1.82, 2.24) is 15.1 Å². The molecule has 2 aromatic carbocycles. The van der Waals surface area contributed by atoms with Gasteiger partial charge in [0.1, 0.15) is 0 Å². The van der Waals surface area contributed by atoms with E-state index in [9.17, 15) is 9.59 Å². The van der Waals surface area contributed by atoms with Gasteiger partial charge in [0.15, 0.2) is 0 Å². The molecule has 2 saturated heterocycles. The number of hydrogen-bond acceptors (Lipinski definition) is 3. The minimum absolute atomic E-state index is 0.0350. The maximum atomic E-state index is 12.6. The van der Waals surface area contributed by atoms with Gasteiger partial charge in [-0.3, -0.25) is 9.59 Å². The van der Waals surface area contributed by atoms with Crippen LogP contribution < -0.4 is 5.32 Å². The summed E-state index contributed by atoms with van der Waals surface area (Å²) in [6.45, 7) is 7.34. The molecular formula is C29H39N3O2. The zero-order valence-electron chi connectivity index (χ0n) is 20.5. The number of benzene rings is 2. The fraction of sp³-hybridized carbons (Fsp3) is 0.517. The number of rotatable bonds is 10. The smallest absolute Gasteiger partial charge is 0.225 e. The van der Waals surface area contributed by atoms with Crippen LogP contribution in [0.5, 0.6) is 0 Å². The van der Waals surface area contributed by atoms with E-state index in [1.807, 2.05) is 4.90 Å². The number of nitrogens with one attached hydrogen (secondary N) is 1. The second kappa shape index (κ2) is 12.2. The number of piperidine rings is 1. The first-order chi connectivity index (χ1) is 16.6. The summed E-state index contributed by atoms with van der Waals surface area (Å²) in [5, 5.41) is 3.08. The molecule has 34 heavy (non-hydrogen) atoms. The third kappa shape index (κ3) is 7.17. The molecule has 2 heterocycles. The maximum Gasteiger partial charge on any atom is 0.225 e. The molecule has 0 bridgehead atoms. The van der Waals surface area contributed by atoms with Crippen LogP contribution in [-0.4, -0.2) is 60.9 Å². The predicted molar refractivity (Wildman–Crippen MR) is 137 cm³/mol. The maximum absolute atomic E-state index is 12.6. The molecular weight excluding hydrogens is 422 g/mol. The summed E-state index contributed by atoms with van der Waals surface area (Å²) in [6.07, 6.45) is 5.84. The minimum atomic E-state index is -0.209. The Bertz CT molecular complexity index is 920. The van der Waals surface area contributed by atoms with Crippen LogP contribution in [-0.2, 0) is 22.4 Å². The van der Waals surface area contributed by atoms with E-state index in [-0.39, 0.29) is 17.7 Å². The van der Waals surface area contributed by atoms with Crippen molar-refractivity contribution < 1.29 is 9.59 Å². The summed E-state index contributed by atoms with van der Waals surface area (Å²) in [6, 6.07) is 19.2. The van der Waals surface area contributed by atoms with E-state index < -0.39 is 0 Å². The Balaban J connectivity index is 1.09. The quantitative estimate of drug-likeness (QED) is 0.547. The molecule has 5 heteroatoms. The second-order valence-corrected chi connectivity index (χ2v) is 10.1. The highest BCUT2D eigenvalue weighted by atomic mass is 16.2. The van der Waals surface area contributed by atoms with Crippen molar-refractivity contribution in [2.75, 3.05) is 39.3 Å². The number of amides is 2. The van der Waals surface area contributed by atoms with Crippen LogP contribution in [0.1, 0.15) is 42.4 Å². The average Bonchev–Trinajstić information content (AvgIpc) is 3.23. The third-order valence-corrected chi connectivity index (χ3v) is 7.40. The van der Waals surface area contributed by atoms with Gasteiger partial charge in [-0.1, -0.05) is 60.2 Å². The van der Waals surface area contributed by atoms with Gasteiger partial charge in [0.25, 0.3) is 0 Å². The molecule has 2 amide bonds.